The first-order valence-electron chi connectivity index (χ1n) is 11.8. The van der Waals surface area contributed by atoms with E-state index >= 15 is 0 Å². The summed E-state index contributed by atoms with van der Waals surface area (Å²) < 4.78 is 16.3. The second kappa shape index (κ2) is 11.4. The lowest BCUT2D eigenvalue weighted by atomic mass is 10.00. The lowest BCUT2D eigenvalue weighted by Gasteiger charge is -2.29. The molecule has 0 saturated carbocycles. The van der Waals surface area contributed by atoms with E-state index in [1.54, 1.807) is 49.6 Å². The van der Waals surface area contributed by atoms with Crippen LogP contribution in [0.2, 0.25) is 0 Å². The highest BCUT2D eigenvalue weighted by Crippen LogP contribution is 2.33. The number of rotatable bonds is 10. The molecule has 2 atom stereocenters. The number of hydrogen-bond donors (Lipinski definition) is 2. The highest BCUT2D eigenvalue weighted by atomic mass is 16.6. The van der Waals surface area contributed by atoms with E-state index in [2.05, 4.69) is 10.2 Å². The van der Waals surface area contributed by atoms with Gasteiger partial charge in [-0.3, -0.25) is 9.59 Å². The number of nitrogens with one attached hydrogen (secondary N) is 1. The van der Waals surface area contributed by atoms with Crippen LogP contribution in [0.25, 0.3) is 0 Å². The predicted octanol–water partition coefficient (Wildman–Crippen LogP) is 2.74. The molecule has 0 aliphatic carbocycles. The van der Waals surface area contributed by atoms with Crippen LogP contribution in [-0.4, -0.2) is 67.7 Å². The lowest BCUT2D eigenvalue weighted by Crippen LogP contribution is -2.46. The largest absolute Gasteiger partial charge is 0.497 e. The van der Waals surface area contributed by atoms with Crippen LogP contribution in [0.1, 0.15) is 47.7 Å². The Hall–Kier alpha value is -3.10. The molecular formula is C26H32N2O6. The molecule has 1 fully saturated rings. The first-order chi connectivity index (χ1) is 16.5. The standard InChI is InChI=1S/C26H32N2O6/c1-32-20-7-4-18(5-8-20)22(29)9-11-25(30)27-21(17-28-12-2-3-13-28)26(31)19-6-10-23-24(16-19)34-15-14-33-23/h4-8,10,16,21,26,31H,2-3,9,11-15,17H2,1H3,(H,27,30)/t21-,26+/m1/s1. The third-order valence-electron chi connectivity index (χ3n) is 6.28. The average Bonchev–Trinajstić information content (AvgIpc) is 3.39. The summed E-state index contributed by atoms with van der Waals surface area (Å²) in [6, 6.07) is 11.7. The van der Waals surface area contributed by atoms with Gasteiger partial charge in [-0.2, -0.15) is 0 Å². The van der Waals surface area contributed by atoms with Crippen LogP contribution in [0.15, 0.2) is 42.5 Å². The van der Waals surface area contributed by atoms with Crippen LogP contribution in [0.5, 0.6) is 17.2 Å². The van der Waals surface area contributed by atoms with Gasteiger partial charge in [0.15, 0.2) is 17.3 Å². The van der Waals surface area contributed by atoms with Gasteiger partial charge in [0.05, 0.1) is 13.2 Å². The summed E-state index contributed by atoms with van der Waals surface area (Å²) >= 11 is 0. The first-order valence-corrected chi connectivity index (χ1v) is 11.8. The fourth-order valence-corrected chi connectivity index (χ4v) is 4.37. The fraction of sp³-hybridized carbons (Fsp3) is 0.462. The van der Waals surface area contributed by atoms with Crippen molar-refractivity contribution in [2.75, 3.05) is 40.0 Å². The number of likely N-dealkylation sites (tertiary alicyclic amines) is 1. The number of carbonyl (C=O) groups excluding carboxylic acids is 2. The Morgan fingerprint density at radius 2 is 1.74 bits per heavy atom. The van der Waals surface area contributed by atoms with E-state index in [1.165, 1.54) is 0 Å². The predicted molar refractivity (Wildman–Crippen MR) is 127 cm³/mol. The molecule has 0 spiro atoms. The summed E-state index contributed by atoms with van der Waals surface area (Å²) in [4.78, 5) is 27.5. The van der Waals surface area contributed by atoms with Crippen molar-refractivity contribution in [3.63, 3.8) is 0 Å². The van der Waals surface area contributed by atoms with Crippen molar-refractivity contribution in [2.45, 2.75) is 37.8 Å². The number of nitrogens with zero attached hydrogens (tertiary/aromatic N) is 1. The maximum Gasteiger partial charge on any atom is 0.220 e. The number of Topliss-reactive ketones (excluding diaryl/α,β-unsaturated/α-hetero) is 1. The second-order valence-corrected chi connectivity index (χ2v) is 8.68. The van der Waals surface area contributed by atoms with E-state index < -0.39 is 12.1 Å². The number of hydrogen-bond acceptors (Lipinski definition) is 7. The molecule has 4 rings (SSSR count). The number of ketones is 1. The van der Waals surface area contributed by atoms with Crippen molar-refractivity contribution in [1.82, 2.24) is 10.2 Å². The summed E-state index contributed by atoms with van der Waals surface area (Å²) in [5, 5.41) is 14.2. The zero-order valence-electron chi connectivity index (χ0n) is 19.5. The lowest BCUT2D eigenvalue weighted by molar-refractivity contribution is -0.122. The maximum atomic E-state index is 12.8. The Kier molecular flexibility index (Phi) is 8.03. The van der Waals surface area contributed by atoms with E-state index in [4.69, 9.17) is 14.2 Å². The highest BCUT2D eigenvalue weighted by Gasteiger charge is 2.28. The summed E-state index contributed by atoms with van der Waals surface area (Å²) in [7, 11) is 1.57. The quantitative estimate of drug-likeness (QED) is 0.518. The number of ether oxygens (including phenoxy) is 3. The monoisotopic (exact) mass is 468 g/mol. The molecule has 1 saturated heterocycles. The van der Waals surface area contributed by atoms with Gasteiger partial charge in [0, 0.05) is 24.9 Å². The van der Waals surface area contributed by atoms with E-state index in [9.17, 15) is 14.7 Å². The third-order valence-corrected chi connectivity index (χ3v) is 6.28. The zero-order valence-corrected chi connectivity index (χ0v) is 19.5. The molecule has 0 bridgehead atoms. The van der Waals surface area contributed by atoms with Gasteiger partial charge < -0.3 is 29.5 Å². The van der Waals surface area contributed by atoms with Crippen molar-refractivity contribution in [3.05, 3.63) is 53.6 Å². The molecule has 1 amide bonds. The normalized spacial score (nSPS) is 17.1. The Morgan fingerprint density at radius 1 is 1.03 bits per heavy atom. The Morgan fingerprint density at radius 3 is 2.44 bits per heavy atom. The third kappa shape index (κ3) is 6.07. The minimum absolute atomic E-state index is 0.0508. The Bertz CT molecular complexity index is 987. The molecule has 2 aromatic carbocycles. The van der Waals surface area contributed by atoms with Crippen LogP contribution < -0.4 is 19.5 Å². The van der Waals surface area contributed by atoms with Gasteiger partial charge in [0.25, 0.3) is 0 Å². The molecule has 2 aliphatic rings. The topological polar surface area (TPSA) is 97.3 Å². The number of aliphatic hydroxyl groups is 1. The summed E-state index contributed by atoms with van der Waals surface area (Å²) in [5.74, 6) is 1.55. The van der Waals surface area contributed by atoms with Gasteiger partial charge in [0.1, 0.15) is 25.1 Å². The van der Waals surface area contributed by atoms with E-state index in [1.807, 2.05) is 0 Å². The van der Waals surface area contributed by atoms with E-state index in [0.29, 0.717) is 48.1 Å². The molecular weight excluding hydrogens is 436 g/mol. The highest BCUT2D eigenvalue weighted by molar-refractivity contribution is 5.98. The molecule has 0 radical (unpaired) electrons. The molecule has 2 aromatic rings. The summed E-state index contributed by atoms with van der Waals surface area (Å²) in [5.41, 5.74) is 1.20. The average molecular weight is 469 g/mol. The van der Waals surface area contributed by atoms with Crippen LogP contribution >= 0.6 is 0 Å². The minimum Gasteiger partial charge on any atom is -0.497 e. The van der Waals surface area contributed by atoms with Gasteiger partial charge in [-0.1, -0.05) is 6.07 Å². The number of amides is 1. The minimum atomic E-state index is -0.919. The Balaban J connectivity index is 1.39. The molecule has 0 aromatic heterocycles. The van der Waals surface area contributed by atoms with Crippen LogP contribution in [0.4, 0.5) is 0 Å². The van der Waals surface area contributed by atoms with Crippen LogP contribution in [0.3, 0.4) is 0 Å². The van der Waals surface area contributed by atoms with E-state index in [0.717, 1.165) is 25.9 Å². The summed E-state index contributed by atoms with van der Waals surface area (Å²) in [6.45, 7) is 3.38. The first kappa shape index (κ1) is 24.0. The number of carbonyl (C=O) groups is 2. The molecule has 8 nitrogen and oxygen atoms in total. The van der Waals surface area contributed by atoms with Gasteiger partial charge in [-0.15, -0.1) is 0 Å². The van der Waals surface area contributed by atoms with Crippen molar-refractivity contribution >= 4 is 11.7 Å². The molecule has 2 N–H and O–H groups in total. The molecule has 0 unspecified atom stereocenters. The smallest absolute Gasteiger partial charge is 0.220 e. The van der Waals surface area contributed by atoms with Gasteiger partial charge in [-0.25, -0.2) is 0 Å². The number of methoxy groups -OCH3 is 1. The summed E-state index contributed by atoms with van der Waals surface area (Å²) in [6.07, 6.45) is 1.44. The second-order valence-electron chi connectivity index (χ2n) is 8.68. The zero-order chi connectivity index (χ0) is 23.9. The van der Waals surface area contributed by atoms with Crippen molar-refractivity contribution < 1.29 is 28.9 Å². The van der Waals surface area contributed by atoms with Crippen LogP contribution in [0, 0.1) is 0 Å². The molecule has 2 heterocycles. The molecule has 2 aliphatic heterocycles. The fourth-order valence-electron chi connectivity index (χ4n) is 4.37. The van der Waals surface area contributed by atoms with Gasteiger partial charge >= 0.3 is 0 Å². The van der Waals surface area contributed by atoms with Gasteiger partial charge in [0.2, 0.25) is 5.91 Å². The molecule has 8 heteroatoms. The van der Waals surface area contributed by atoms with Crippen LogP contribution in [-0.2, 0) is 4.79 Å². The van der Waals surface area contributed by atoms with Crippen molar-refractivity contribution in [2.24, 2.45) is 0 Å². The Labute approximate surface area is 199 Å². The van der Waals surface area contributed by atoms with E-state index in [-0.39, 0.29) is 24.5 Å². The number of benzene rings is 2. The molecule has 182 valence electrons. The van der Waals surface area contributed by atoms with Gasteiger partial charge in [-0.05, 0) is 67.9 Å². The maximum absolute atomic E-state index is 12.8. The SMILES string of the molecule is COc1ccc(C(=O)CCC(=O)N[C@H](CN2CCCC2)[C@@H](O)c2ccc3c(c2)OCCO3)cc1. The number of aliphatic hydroxyl groups excluding tert-OH is 1. The van der Waals surface area contributed by atoms with Crippen molar-refractivity contribution in [1.29, 1.82) is 0 Å². The van der Waals surface area contributed by atoms with Crippen molar-refractivity contribution in [3.8, 4) is 17.2 Å². The number of fused-ring (bicyclic) bond motifs is 1. The molecule has 34 heavy (non-hydrogen) atoms.